The second-order valence-corrected chi connectivity index (χ2v) is 0.0816. The summed E-state index contributed by atoms with van der Waals surface area (Å²) >= 11 is 0. The van der Waals surface area contributed by atoms with Gasteiger partial charge in [-0.15, -0.1) is 0 Å². The fourth-order valence-electron chi connectivity index (χ4n) is 0. The molecule has 0 aromatic carbocycles. The van der Waals surface area contributed by atoms with Crippen molar-refractivity contribution in [1.82, 2.24) is 0 Å². The van der Waals surface area contributed by atoms with Gasteiger partial charge in [-0.2, -0.15) is 0 Å². The summed E-state index contributed by atoms with van der Waals surface area (Å²) in [6.07, 6.45) is 0. The molecule has 0 unspecified atom stereocenters. The molecule has 0 saturated carbocycles. The molecule has 0 aliphatic heterocycles. The molecule has 30 valence electrons. The molecule has 0 aromatic heterocycles. The van der Waals surface area contributed by atoms with Gasteiger partial charge in [0.1, 0.15) is 0 Å². The molecule has 4 nitrogen and oxygen atoms in total. The van der Waals surface area contributed by atoms with Crippen LogP contribution in [0, 0.1) is 0 Å². The largest absolute Gasteiger partial charge is 0.381 e. The quantitative estimate of drug-likeness (QED) is 0.240. The maximum Gasteiger partial charge on any atom is 0.381 e. The van der Waals surface area contributed by atoms with Crippen LogP contribution < -0.4 is 0 Å². The zero-order valence-electron chi connectivity index (χ0n) is 2.21. The highest BCUT2D eigenvalue weighted by molar-refractivity contribution is 5.85. The molecule has 0 bridgehead atoms. The predicted octanol–water partition coefficient (Wildman–Crippen LogP) is -0.551. The van der Waals surface area contributed by atoms with Gasteiger partial charge in [0.25, 0.3) is 0 Å². The van der Waals surface area contributed by atoms with Crippen molar-refractivity contribution in [2.24, 2.45) is 0 Å². The van der Waals surface area contributed by atoms with Crippen molar-refractivity contribution in [3.8, 4) is 0 Å². The molecule has 0 heterocycles. The Labute approximate surface area is 31.3 Å². The third-order valence-electron chi connectivity index (χ3n) is 0. The lowest BCUT2D eigenvalue weighted by Gasteiger charge is -1.56. The molecule has 2 radical (unpaired) electrons. The van der Waals surface area contributed by atoms with Gasteiger partial charge in [0, 0.05) is 0 Å². The molecule has 0 aliphatic rings. The average molecular weight is 94.1 g/mol. The van der Waals surface area contributed by atoms with Crippen molar-refractivity contribution in [2.45, 2.75) is 0 Å². The minimum absolute atomic E-state index is 1.72. The van der Waals surface area contributed by atoms with Crippen LogP contribution in [0.4, 0.5) is 0 Å². The van der Waals surface area contributed by atoms with E-state index in [0.717, 1.165) is 0 Å². The van der Waals surface area contributed by atoms with Crippen LogP contribution in [0.3, 0.4) is 0 Å². The SMILES string of the molecule is O=[Si].OOO. The van der Waals surface area contributed by atoms with Crippen molar-refractivity contribution < 1.29 is 20.0 Å². The van der Waals surface area contributed by atoms with Gasteiger partial charge in [-0.1, -0.05) is 5.04 Å². The van der Waals surface area contributed by atoms with E-state index in [-0.39, 0.29) is 0 Å². The van der Waals surface area contributed by atoms with Crippen molar-refractivity contribution >= 4 is 10.1 Å². The molecule has 0 spiro atoms. The zero-order chi connectivity index (χ0) is 4.71. The highest BCUT2D eigenvalue weighted by atomic mass is 28.1. The van der Waals surface area contributed by atoms with Crippen LogP contribution in [-0.4, -0.2) is 20.6 Å². The normalized spacial score (nSPS) is 4.40. The molecule has 5 heteroatoms. The lowest BCUT2D eigenvalue weighted by Crippen LogP contribution is -1.60. The molecule has 0 fully saturated rings. The molecule has 5 heavy (non-hydrogen) atoms. The van der Waals surface area contributed by atoms with Crippen LogP contribution in [0.2, 0.25) is 0 Å². The summed E-state index contributed by atoms with van der Waals surface area (Å²) in [4.78, 5) is 0. The Hall–Kier alpha value is -0.103. The Bertz CT molecular complexity index is 7.61. The standard InChI is InChI=1S/H2O3.OSi/c1-3-2;1-2/h1-2H;. The molecule has 0 saturated heterocycles. The van der Waals surface area contributed by atoms with Crippen molar-refractivity contribution in [2.75, 3.05) is 0 Å². The van der Waals surface area contributed by atoms with Crippen LogP contribution in [0.1, 0.15) is 0 Å². The summed E-state index contributed by atoms with van der Waals surface area (Å²) < 4.78 is 8.06. The second kappa shape index (κ2) is 40.7. The van der Waals surface area contributed by atoms with Crippen LogP contribution in [0.5, 0.6) is 0 Å². The topological polar surface area (TPSA) is 66.8 Å². The maximum absolute atomic E-state index is 8.06. The maximum atomic E-state index is 8.06. The van der Waals surface area contributed by atoms with E-state index >= 15 is 0 Å². The second-order valence-electron chi connectivity index (χ2n) is 0.0816. The molecule has 0 amide bonds. The summed E-state index contributed by atoms with van der Waals surface area (Å²) in [7, 11) is 1.72. The van der Waals surface area contributed by atoms with E-state index in [1.807, 2.05) is 0 Å². The van der Waals surface area contributed by atoms with E-state index in [1.165, 1.54) is 0 Å². The molecule has 0 atom stereocenters. The Morgan fingerprint density at radius 2 is 1.40 bits per heavy atom. The van der Waals surface area contributed by atoms with Crippen LogP contribution >= 0.6 is 0 Å². The lowest BCUT2D eigenvalue weighted by atomic mass is 14.6. The monoisotopic (exact) mass is 94.0 g/mol. The van der Waals surface area contributed by atoms with Gasteiger partial charge in [-0.25, -0.2) is 10.5 Å². The van der Waals surface area contributed by atoms with E-state index in [2.05, 4.69) is 5.04 Å². The summed E-state index contributed by atoms with van der Waals surface area (Å²) in [5.74, 6) is 0. The highest BCUT2D eigenvalue weighted by Gasteiger charge is 1.27. The Kier molecular flexibility index (Phi) is 72.0. The van der Waals surface area contributed by atoms with Crippen molar-refractivity contribution in [3.63, 3.8) is 0 Å². The third-order valence-corrected chi connectivity index (χ3v) is 0. The van der Waals surface area contributed by atoms with Gasteiger partial charge < -0.3 is 4.46 Å². The number of hydrogen-bond acceptors (Lipinski definition) is 4. The zero-order valence-corrected chi connectivity index (χ0v) is 3.21. The molecule has 0 rings (SSSR count). The van der Waals surface area contributed by atoms with Crippen LogP contribution in [0.25, 0.3) is 0 Å². The van der Waals surface area contributed by atoms with Gasteiger partial charge in [-0.3, -0.25) is 0 Å². The number of rotatable bonds is 0. The van der Waals surface area contributed by atoms with Crippen molar-refractivity contribution in [3.05, 3.63) is 0 Å². The van der Waals surface area contributed by atoms with Crippen molar-refractivity contribution in [1.29, 1.82) is 0 Å². The first-order valence-corrected chi connectivity index (χ1v) is 0.978. The Morgan fingerprint density at radius 3 is 1.40 bits per heavy atom. The van der Waals surface area contributed by atoms with Gasteiger partial charge >= 0.3 is 10.1 Å². The van der Waals surface area contributed by atoms with E-state index in [0.29, 0.717) is 0 Å². The minimum atomic E-state index is 1.72. The van der Waals surface area contributed by atoms with E-state index < -0.39 is 0 Å². The highest BCUT2D eigenvalue weighted by Crippen LogP contribution is 1.24. The summed E-state index contributed by atoms with van der Waals surface area (Å²) in [5, 5.41) is 15.5. The van der Waals surface area contributed by atoms with E-state index in [4.69, 9.17) is 15.0 Å². The summed E-state index contributed by atoms with van der Waals surface area (Å²) in [5.41, 5.74) is 0. The fourth-order valence-corrected chi connectivity index (χ4v) is 0. The minimum Gasteiger partial charge on any atom is -0.381 e. The Balaban J connectivity index is 0. The van der Waals surface area contributed by atoms with Gasteiger partial charge in [0.15, 0.2) is 0 Å². The van der Waals surface area contributed by atoms with Gasteiger partial charge in [0.2, 0.25) is 0 Å². The molecular formula is H2O4Si. The van der Waals surface area contributed by atoms with Gasteiger partial charge in [0.05, 0.1) is 0 Å². The molecule has 0 aromatic rings. The van der Waals surface area contributed by atoms with Crippen LogP contribution in [0.15, 0.2) is 0 Å². The van der Waals surface area contributed by atoms with Crippen LogP contribution in [-0.2, 0) is 9.50 Å². The third kappa shape index (κ3) is 1320. The summed E-state index contributed by atoms with van der Waals surface area (Å²) in [6, 6.07) is 0. The van der Waals surface area contributed by atoms with E-state index in [1.54, 1.807) is 10.1 Å². The van der Waals surface area contributed by atoms with E-state index in [9.17, 15) is 0 Å². The molecular weight excluding hydrogens is 92.1 g/mol. The average Bonchev–Trinajstić information content (AvgIpc) is 1.46. The smallest absolute Gasteiger partial charge is 0.381 e. The molecule has 2 N–H and O–H groups in total. The Morgan fingerprint density at radius 1 is 1.40 bits per heavy atom. The predicted molar refractivity (Wildman–Crippen MR) is 12.8 cm³/mol. The lowest BCUT2D eigenvalue weighted by molar-refractivity contribution is -0.465. The molecule has 0 aliphatic carbocycles. The first kappa shape index (κ1) is 8.86. The van der Waals surface area contributed by atoms with Gasteiger partial charge in [-0.05, 0) is 0 Å². The first-order valence-electron chi connectivity index (χ1n) is 0.569. The summed E-state index contributed by atoms with van der Waals surface area (Å²) in [6.45, 7) is 0. The first-order chi connectivity index (χ1) is 2.41. The fraction of sp³-hybridized carbons (Fsp3) is 0. The number of hydrogen-bond donors (Lipinski definition) is 2.